The van der Waals surface area contributed by atoms with Gasteiger partial charge in [0.25, 0.3) is 0 Å². The Morgan fingerprint density at radius 3 is 2.46 bits per heavy atom. The Labute approximate surface area is 170 Å². The number of carbonyl (C=O) groups is 1. The molecule has 1 amide bonds. The molecule has 1 spiro atoms. The molecule has 1 atom stereocenters. The lowest BCUT2D eigenvalue weighted by Gasteiger charge is -2.43. The Morgan fingerprint density at radius 1 is 1.21 bits per heavy atom. The first-order valence-electron chi connectivity index (χ1n) is 11.4. The fourth-order valence-electron chi connectivity index (χ4n) is 5.33. The highest BCUT2D eigenvalue weighted by atomic mass is 16.2. The average molecular weight is 390 g/mol. The lowest BCUT2D eigenvalue weighted by atomic mass is 9.70. The summed E-state index contributed by atoms with van der Waals surface area (Å²) in [5, 5.41) is 8.80. The van der Waals surface area contributed by atoms with Gasteiger partial charge in [0, 0.05) is 42.9 Å². The van der Waals surface area contributed by atoms with Crippen LogP contribution < -0.4 is 0 Å². The molecule has 3 rings (SSSR count). The van der Waals surface area contributed by atoms with Crippen LogP contribution in [-0.2, 0) is 11.3 Å². The van der Waals surface area contributed by atoms with Crippen LogP contribution >= 0.6 is 0 Å². The van der Waals surface area contributed by atoms with Crippen molar-refractivity contribution in [2.24, 2.45) is 11.3 Å². The third-order valence-electron chi connectivity index (χ3n) is 7.24. The van der Waals surface area contributed by atoms with Crippen molar-refractivity contribution in [1.29, 1.82) is 0 Å². The van der Waals surface area contributed by atoms with Gasteiger partial charge in [0.15, 0.2) is 0 Å². The van der Waals surface area contributed by atoms with Crippen LogP contribution in [0.5, 0.6) is 0 Å². The van der Waals surface area contributed by atoms with Gasteiger partial charge in [-0.05, 0) is 59.0 Å². The van der Waals surface area contributed by atoms with E-state index in [1.807, 2.05) is 6.33 Å². The molecule has 2 saturated heterocycles. The molecule has 1 aromatic rings. The van der Waals surface area contributed by atoms with Crippen molar-refractivity contribution in [2.75, 3.05) is 26.2 Å². The average Bonchev–Trinajstić information content (AvgIpc) is 3.28. The molecular weight excluding hydrogens is 350 g/mol. The standard InChI is InChI=1S/C22H39N5O/c1-6-11-26-16-23-24-20(26)19-14-27(21(28)18(7-2)8-3)15-22(19)9-12-25(13-10-22)17(4)5/h16-19H,6-15H2,1-5H3. The minimum atomic E-state index is 0.144. The summed E-state index contributed by atoms with van der Waals surface area (Å²) in [6.07, 6.45) is 7.08. The molecule has 0 bridgehead atoms. The third kappa shape index (κ3) is 3.98. The number of likely N-dealkylation sites (tertiary alicyclic amines) is 2. The number of hydrogen-bond acceptors (Lipinski definition) is 4. The molecule has 2 fully saturated rings. The maximum atomic E-state index is 13.2. The van der Waals surface area contributed by atoms with E-state index in [4.69, 9.17) is 0 Å². The molecule has 0 radical (unpaired) electrons. The predicted octanol–water partition coefficient (Wildman–Crippen LogP) is 3.54. The predicted molar refractivity (Wildman–Crippen MR) is 112 cm³/mol. The Balaban J connectivity index is 1.88. The zero-order chi connectivity index (χ0) is 20.3. The van der Waals surface area contributed by atoms with Crippen LogP contribution in [0.15, 0.2) is 6.33 Å². The number of piperidine rings is 1. The second kappa shape index (κ2) is 8.93. The summed E-state index contributed by atoms with van der Waals surface area (Å²) in [5.41, 5.74) is 0.144. The first-order valence-corrected chi connectivity index (χ1v) is 11.4. The summed E-state index contributed by atoms with van der Waals surface area (Å²) in [7, 11) is 0. The van der Waals surface area contributed by atoms with E-state index in [-0.39, 0.29) is 11.3 Å². The summed E-state index contributed by atoms with van der Waals surface area (Å²) >= 11 is 0. The van der Waals surface area contributed by atoms with Gasteiger partial charge in [-0.2, -0.15) is 0 Å². The van der Waals surface area contributed by atoms with Crippen molar-refractivity contribution in [1.82, 2.24) is 24.6 Å². The van der Waals surface area contributed by atoms with E-state index in [1.165, 1.54) is 0 Å². The molecule has 1 unspecified atom stereocenters. The molecular formula is C22H39N5O. The second-order valence-electron chi connectivity index (χ2n) is 9.16. The van der Waals surface area contributed by atoms with Crippen LogP contribution in [0, 0.1) is 11.3 Å². The Hall–Kier alpha value is -1.43. The first kappa shape index (κ1) is 21.3. The maximum absolute atomic E-state index is 13.2. The van der Waals surface area contributed by atoms with Crippen LogP contribution in [0.3, 0.4) is 0 Å². The number of carbonyl (C=O) groups excluding carboxylic acids is 1. The van der Waals surface area contributed by atoms with Crippen LogP contribution in [-0.4, -0.2) is 62.7 Å². The van der Waals surface area contributed by atoms with Gasteiger partial charge in [-0.3, -0.25) is 4.79 Å². The molecule has 0 N–H and O–H groups in total. The van der Waals surface area contributed by atoms with Gasteiger partial charge in [0.1, 0.15) is 12.2 Å². The number of nitrogens with zero attached hydrogens (tertiary/aromatic N) is 5. The topological polar surface area (TPSA) is 54.3 Å². The number of amides is 1. The lowest BCUT2D eigenvalue weighted by molar-refractivity contribution is -0.135. The van der Waals surface area contributed by atoms with Gasteiger partial charge in [-0.25, -0.2) is 0 Å². The molecule has 2 aliphatic rings. The Bertz CT molecular complexity index is 643. The van der Waals surface area contributed by atoms with Gasteiger partial charge in [0.05, 0.1) is 0 Å². The quantitative estimate of drug-likeness (QED) is 0.716. The highest BCUT2D eigenvalue weighted by molar-refractivity contribution is 5.79. The Morgan fingerprint density at radius 2 is 1.89 bits per heavy atom. The molecule has 6 heteroatoms. The zero-order valence-corrected chi connectivity index (χ0v) is 18.5. The van der Waals surface area contributed by atoms with E-state index in [2.05, 4.69) is 59.2 Å². The fraction of sp³-hybridized carbons (Fsp3) is 0.864. The van der Waals surface area contributed by atoms with Crippen molar-refractivity contribution in [3.8, 4) is 0 Å². The summed E-state index contributed by atoms with van der Waals surface area (Å²) in [6, 6.07) is 0.586. The van der Waals surface area contributed by atoms with E-state index in [9.17, 15) is 4.79 Å². The van der Waals surface area contributed by atoms with Crippen LogP contribution in [0.4, 0.5) is 0 Å². The largest absolute Gasteiger partial charge is 0.341 e. The number of aromatic nitrogens is 3. The van der Waals surface area contributed by atoms with E-state index < -0.39 is 0 Å². The summed E-state index contributed by atoms with van der Waals surface area (Å²) in [5.74, 6) is 1.90. The van der Waals surface area contributed by atoms with Crippen molar-refractivity contribution in [3.63, 3.8) is 0 Å². The minimum absolute atomic E-state index is 0.144. The molecule has 0 aromatic carbocycles. The molecule has 28 heavy (non-hydrogen) atoms. The van der Waals surface area contributed by atoms with E-state index >= 15 is 0 Å². The van der Waals surface area contributed by atoms with Gasteiger partial charge >= 0.3 is 0 Å². The highest BCUT2D eigenvalue weighted by Crippen LogP contribution is 2.50. The van der Waals surface area contributed by atoms with Crippen molar-refractivity contribution in [2.45, 2.75) is 85.2 Å². The molecule has 0 aliphatic carbocycles. The summed E-state index contributed by atoms with van der Waals surface area (Å²) < 4.78 is 2.23. The van der Waals surface area contributed by atoms with E-state index in [0.717, 1.165) is 70.7 Å². The Kier molecular flexibility index (Phi) is 6.79. The van der Waals surface area contributed by atoms with Crippen LogP contribution in [0.1, 0.15) is 78.5 Å². The normalized spacial score (nSPS) is 22.7. The monoisotopic (exact) mass is 389 g/mol. The van der Waals surface area contributed by atoms with Crippen molar-refractivity contribution in [3.05, 3.63) is 12.2 Å². The third-order valence-corrected chi connectivity index (χ3v) is 7.24. The number of hydrogen-bond donors (Lipinski definition) is 0. The minimum Gasteiger partial charge on any atom is -0.341 e. The smallest absolute Gasteiger partial charge is 0.225 e. The lowest BCUT2D eigenvalue weighted by Crippen LogP contribution is -2.46. The fourth-order valence-corrected chi connectivity index (χ4v) is 5.33. The molecule has 158 valence electrons. The summed E-state index contributed by atoms with van der Waals surface area (Å²) in [4.78, 5) is 17.9. The van der Waals surface area contributed by atoms with Gasteiger partial charge in [0.2, 0.25) is 5.91 Å². The molecule has 0 saturated carbocycles. The zero-order valence-electron chi connectivity index (χ0n) is 18.5. The number of rotatable bonds is 7. The summed E-state index contributed by atoms with van der Waals surface area (Å²) in [6.45, 7) is 15.9. The van der Waals surface area contributed by atoms with Crippen LogP contribution in [0.25, 0.3) is 0 Å². The van der Waals surface area contributed by atoms with Crippen molar-refractivity contribution < 1.29 is 4.79 Å². The maximum Gasteiger partial charge on any atom is 0.225 e. The SMILES string of the molecule is CCCn1cnnc1C1CN(C(=O)C(CC)CC)CC12CCN(C(C)C)CC2. The molecule has 6 nitrogen and oxygen atoms in total. The molecule has 2 aliphatic heterocycles. The van der Waals surface area contributed by atoms with Gasteiger partial charge in [-0.15, -0.1) is 10.2 Å². The number of aryl methyl sites for hydroxylation is 1. The highest BCUT2D eigenvalue weighted by Gasteiger charge is 2.52. The molecule has 3 heterocycles. The van der Waals surface area contributed by atoms with Gasteiger partial charge in [-0.1, -0.05) is 20.8 Å². The van der Waals surface area contributed by atoms with Gasteiger partial charge < -0.3 is 14.4 Å². The first-order chi connectivity index (χ1) is 13.5. The van der Waals surface area contributed by atoms with Crippen LogP contribution in [0.2, 0.25) is 0 Å². The van der Waals surface area contributed by atoms with E-state index in [1.54, 1.807) is 0 Å². The van der Waals surface area contributed by atoms with Crippen molar-refractivity contribution >= 4 is 5.91 Å². The second-order valence-corrected chi connectivity index (χ2v) is 9.16. The van der Waals surface area contributed by atoms with E-state index in [0.29, 0.717) is 17.9 Å². The molecule has 1 aromatic heterocycles.